The predicted molar refractivity (Wildman–Crippen MR) is 50.5 cm³/mol. The molecule has 6 heteroatoms. The summed E-state index contributed by atoms with van der Waals surface area (Å²) in [6, 6.07) is 1.92. The van der Waals surface area contributed by atoms with Gasteiger partial charge in [-0.2, -0.15) is 5.10 Å². The van der Waals surface area contributed by atoms with Crippen LogP contribution in [0.3, 0.4) is 0 Å². The monoisotopic (exact) mass is 198 g/mol. The van der Waals surface area contributed by atoms with E-state index >= 15 is 0 Å². The van der Waals surface area contributed by atoms with E-state index in [2.05, 4.69) is 15.2 Å². The average Bonchev–Trinajstić information content (AvgIpc) is 2.50. The van der Waals surface area contributed by atoms with Crippen molar-refractivity contribution in [1.82, 2.24) is 15.1 Å². The Morgan fingerprint density at radius 1 is 1.79 bits per heavy atom. The van der Waals surface area contributed by atoms with Gasteiger partial charge in [-0.15, -0.1) is 0 Å². The number of primary amides is 1. The van der Waals surface area contributed by atoms with Gasteiger partial charge in [-0.25, -0.2) is 4.79 Å². The maximum atomic E-state index is 10.2. The Hall–Kier alpha value is -1.56. The van der Waals surface area contributed by atoms with Crippen LogP contribution < -0.4 is 11.1 Å². The quantitative estimate of drug-likeness (QED) is 0.631. The predicted octanol–water partition coefficient (Wildman–Crippen LogP) is -0.395. The molecule has 6 nitrogen and oxygen atoms in total. The van der Waals surface area contributed by atoms with Gasteiger partial charge in [0.05, 0.1) is 5.69 Å². The van der Waals surface area contributed by atoms with Crippen molar-refractivity contribution >= 4 is 6.09 Å². The molecule has 0 radical (unpaired) electrons. The summed E-state index contributed by atoms with van der Waals surface area (Å²) < 4.78 is 6.27. The molecule has 3 N–H and O–H groups in total. The third-order valence-electron chi connectivity index (χ3n) is 1.60. The number of carbonyl (C=O) groups is 1. The summed E-state index contributed by atoms with van der Waals surface area (Å²) >= 11 is 0. The minimum atomic E-state index is -0.746. The zero-order valence-corrected chi connectivity index (χ0v) is 8.06. The third kappa shape index (κ3) is 3.90. The number of hydrogen-bond acceptors (Lipinski definition) is 4. The molecule has 78 valence electrons. The summed E-state index contributed by atoms with van der Waals surface area (Å²) in [6.45, 7) is 1.50. The largest absolute Gasteiger partial charge is 0.448 e. The van der Waals surface area contributed by atoms with Crippen molar-refractivity contribution in [2.45, 2.75) is 6.54 Å². The van der Waals surface area contributed by atoms with E-state index < -0.39 is 6.09 Å². The van der Waals surface area contributed by atoms with Crippen LogP contribution in [0.1, 0.15) is 5.69 Å². The fourth-order valence-corrected chi connectivity index (χ4v) is 0.998. The molecule has 1 heterocycles. The number of rotatable bonds is 5. The van der Waals surface area contributed by atoms with E-state index in [1.54, 1.807) is 4.68 Å². The first-order valence-corrected chi connectivity index (χ1v) is 4.30. The molecule has 0 fully saturated rings. The maximum Gasteiger partial charge on any atom is 0.404 e. The second-order valence-electron chi connectivity index (χ2n) is 2.83. The van der Waals surface area contributed by atoms with Gasteiger partial charge in [-0.1, -0.05) is 0 Å². The van der Waals surface area contributed by atoms with Crippen molar-refractivity contribution in [3.63, 3.8) is 0 Å². The van der Waals surface area contributed by atoms with Gasteiger partial charge < -0.3 is 15.8 Å². The van der Waals surface area contributed by atoms with Gasteiger partial charge in [0.15, 0.2) is 0 Å². The molecule has 0 aliphatic carbocycles. The Kier molecular flexibility index (Phi) is 3.93. The lowest BCUT2D eigenvalue weighted by Gasteiger charge is -2.02. The SMILES string of the molecule is Cn1ccc(CNCCOC(N)=O)n1. The van der Waals surface area contributed by atoms with E-state index in [1.165, 1.54) is 0 Å². The van der Waals surface area contributed by atoms with Crippen molar-refractivity contribution in [1.29, 1.82) is 0 Å². The third-order valence-corrected chi connectivity index (χ3v) is 1.60. The Labute approximate surface area is 82.0 Å². The minimum Gasteiger partial charge on any atom is -0.448 e. The second kappa shape index (κ2) is 5.23. The summed E-state index contributed by atoms with van der Waals surface area (Å²) in [7, 11) is 1.86. The van der Waals surface area contributed by atoms with E-state index in [0.717, 1.165) is 5.69 Å². The molecule has 0 saturated heterocycles. The summed E-state index contributed by atoms with van der Waals surface area (Å²) in [5, 5.41) is 7.23. The van der Waals surface area contributed by atoms with Gasteiger partial charge in [-0.05, 0) is 6.07 Å². The summed E-state index contributed by atoms with van der Waals surface area (Å²) in [5.41, 5.74) is 5.74. The van der Waals surface area contributed by atoms with Gasteiger partial charge in [0, 0.05) is 26.3 Å². The van der Waals surface area contributed by atoms with Crippen LogP contribution in [-0.2, 0) is 18.3 Å². The van der Waals surface area contributed by atoms with E-state index in [0.29, 0.717) is 13.1 Å². The fourth-order valence-electron chi connectivity index (χ4n) is 0.998. The smallest absolute Gasteiger partial charge is 0.404 e. The number of nitrogens with zero attached hydrogens (tertiary/aromatic N) is 2. The van der Waals surface area contributed by atoms with Gasteiger partial charge in [-0.3, -0.25) is 4.68 Å². The molecule has 14 heavy (non-hydrogen) atoms. The number of nitrogens with one attached hydrogen (secondary N) is 1. The van der Waals surface area contributed by atoms with Crippen molar-refractivity contribution in [3.8, 4) is 0 Å². The lowest BCUT2D eigenvalue weighted by atomic mass is 10.4. The van der Waals surface area contributed by atoms with Crippen LogP contribution in [0.5, 0.6) is 0 Å². The summed E-state index contributed by atoms with van der Waals surface area (Å²) in [5.74, 6) is 0. The maximum absolute atomic E-state index is 10.2. The molecule has 1 rings (SSSR count). The molecule has 1 amide bonds. The highest BCUT2D eigenvalue weighted by Crippen LogP contribution is 1.91. The molecule has 0 bridgehead atoms. The highest BCUT2D eigenvalue weighted by atomic mass is 16.5. The first kappa shape index (κ1) is 10.5. The van der Waals surface area contributed by atoms with Crippen molar-refractivity contribution < 1.29 is 9.53 Å². The number of nitrogens with two attached hydrogens (primary N) is 1. The van der Waals surface area contributed by atoms with E-state index in [1.807, 2.05) is 19.3 Å². The molecule has 0 saturated carbocycles. The topological polar surface area (TPSA) is 82.2 Å². The highest BCUT2D eigenvalue weighted by molar-refractivity contribution is 5.64. The molecule has 0 aliphatic rings. The second-order valence-corrected chi connectivity index (χ2v) is 2.83. The Balaban J connectivity index is 2.07. The number of amides is 1. The number of ether oxygens (including phenoxy) is 1. The van der Waals surface area contributed by atoms with Crippen molar-refractivity contribution in [2.24, 2.45) is 12.8 Å². The number of hydrogen-bond donors (Lipinski definition) is 2. The van der Waals surface area contributed by atoms with E-state index in [4.69, 9.17) is 5.73 Å². The lowest BCUT2D eigenvalue weighted by molar-refractivity contribution is 0.157. The van der Waals surface area contributed by atoms with Gasteiger partial charge in [0.25, 0.3) is 0 Å². The van der Waals surface area contributed by atoms with Gasteiger partial charge in [0.1, 0.15) is 6.61 Å². The van der Waals surface area contributed by atoms with Crippen LogP contribution in [0.2, 0.25) is 0 Å². The van der Waals surface area contributed by atoms with Gasteiger partial charge in [0.2, 0.25) is 0 Å². The first-order chi connectivity index (χ1) is 6.68. The molecular weight excluding hydrogens is 184 g/mol. The fraction of sp³-hybridized carbons (Fsp3) is 0.500. The molecular formula is C8H14N4O2. The Morgan fingerprint density at radius 3 is 3.14 bits per heavy atom. The molecule has 0 unspecified atom stereocenters. The Bertz CT molecular complexity index is 297. The van der Waals surface area contributed by atoms with Gasteiger partial charge >= 0.3 is 6.09 Å². The zero-order valence-electron chi connectivity index (χ0n) is 8.06. The normalized spacial score (nSPS) is 10.1. The zero-order chi connectivity index (χ0) is 10.4. The van der Waals surface area contributed by atoms with E-state index in [9.17, 15) is 4.79 Å². The molecule has 0 spiro atoms. The standard InChI is InChI=1S/C8H14N4O2/c1-12-4-2-7(11-12)6-10-3-5-14-8(9)13/h2,4,10H,3,5-6H2,1H3,(H2,9,13). The summed E-state index contributed by atoms with van der Waals surface area (Å²) in [4.78, 5) is 10.2. The van der Waals surface area contributed by atoms with Crippen LogP contribution in [-0.4, -0.2) is 29.0 Å². The molecule has 0 aliphatic heterocycles. The molecule has 1 aromatic heterocycles. The number of aryl methyl sites for hydroxylation is 1. The number of aromatic nitrogens is 2. The summed E-state index contributed by atoms with van der Waals surface area (Å²) in [6.07, 6.45) is 1.13. The Morgan fingerprint density at radius 2 is 2.57 bits per heavy atom. The number of carbonyl (C=O) groups excluding carboxylic acids is 1. The van der Waals surface area contributed by atoms with Crippen LogP contribution in [0, 0.1) is 0 Å². The molecule has 0 aromatic carbocycles. The van der Waals surface area contributed by atoms with E-state index in [-0.39, 0.29) is 6.61 Å². The molecule has 0 atom stereocenters. The lowest BCUT2D eigenvalue weighted by Crippen LogP contribution is -2.23. The average molecular weight is 198 g/mol. The molecule has 1 aromatic rings. The first-order valence-electron chi connectivity index (χ1n) is 4.30. The van der Waals surface area contributed by atoms with Crippen LogP contribution >= 0.6 is 0 Å². The van der Waals surface area contributed by atoms with Crippen LogP contribution in [0.15, 0.2) is 12.3 Å². The van der Waals surface area contributed by atoms with Crippen LogP contribution in [0.4, 0.5) is 4.79 Å². The minimum absolute atomic E-state index is 0.280. The highest BCUT2D eigenvalue weighted by Gasteiger charge is 1.96. The van der Waals surface area contributed by atoms with Crippen molar-refractivity contribution in [2.75, 3.05) is 13.2 Å². The van der Waals surface area contributed by atoms with Crippen LogP contribution in [0.25, 0.3) is 0 Å². The van der Waals surface area contributed by atoms with Crippen molar-refractivity contribution in [3.05, 3.63) is 18.0 Å².